The first kappa shape index (κ1) is 23.4. The van der Waals surface area contributed by atoms with E-state index in [0.29, 0.717) is 38.5 Å². The number of carbonyl (C=O) groups excluding carboxylic acids is 2. The topological polar surface area (TPSA) is 67.7 Å². The number of aromatic nitrogens is 2. The first-order valence-electron chi connectivity index (χ1n) is 9.61. The molecular formula is C19H33ClN4O3. The Hall–Kier alpha value is -1.60. The van der Waals surface area contributed by atoms with Crippen LogP contribution in [0.15, 0.2) is 12.4 Å². The van der Waals surface area contributed by atoms with Crippen molar-refractivity contribution in [1.82, 2.24) is 19.4 Å². The third-order valence-corrected chi connectivity index (χ3v) is 4.93. The van der Waals surface area contributed by atoms with Crippen molar-refractivity contribution in [1.29, 1.82) is 0 Å². The molecule has 1 amide bonds. The van der Waals surface area contributed by atoms with Gasteiger partial charge in [0.2, 0.25) is 5.91 Å². The molecule has 0 saturated carbocycles. The minimum absolute atomic E-state index is 0. The summed E-state index contributed by atoms with van der Waals surface area (Å²) in [6, 6.07) is 0.458. The first-order valence-corrected chi connectivity index (χ1v) is 9.61. The summed E-state index contributed by atoms with van der Waals surface area (Å²) in [7, 11) is 4.12. The van der Waals surface area contributed by atoms with E-state index in [9.17, 15) is 9.59 Å². The summed E-state index contributed by atoms with van der Waals surface area (Å²) in [5.74, 6) is 0.854. The molecule has 0 radical (unpaired) electrons. The Morgan fingerprint density at radius 1 is 1.33 bits per heavy atom. The molecule has 2 heterocycles. The fraction of sp³-hybridized carbons (Fsp3) is 0.737. The summed E-state index contributed by atoms with van der Waals surface area (Å²) in [4.78, 5) is 32.6. The van der Waals surface area contributed by atoms with Gasteiger partial charge in [0, 0.05) is 50.9 Å². The van der Waals surface area contributed by atoms with Crippen LogP contribution in [-0.4, -0.2) is 71.1 Å². The number of unbranched alkanes of at least 4 members (excludes halogenated alkanes) is 1. The predicted octanol–water partition coefficient (Wildman–Crippen LogP) is 2.13. The molecule has 1 aromatic rings. The molecule has 1 aliphatic heterocycles. The van der Waals surface area contributed by atoms with Gasteiger partial charge in [-0.1, -0.05) is 13.3 Å². The average Bonchev–Trinajstić information content (AvgIpc) is 3.27. The second kappa shape index (κ2) is 12.0. The minimum atomic E-state index is -0.180. The van der Waals surface area contributed by atoms with E-state index in [1.54, 1.807) is 6.20 Å². The SMILES string of the molecule is CCCCOC(=O)CCn1ccnc1CCC(=O)N1CC[C@H](N(C)C)C1.Cl. The molecule has 1 aliphatic rings. The number of hydrogen-bond acceptors (Lipinski definition) is 5. The van der Waals surface area contributed by atoms with E-state index in [1.807, 2.05) is 15.7 Å². The van der Waals surface area contributed by atoms with Crippen LogP contribution in [0.2, 0.25) is 0 Å². The predicted molar refractivity (Wildman–Crippen MR) is 107 cm³/mol. The fourth-order valence-corrected chi connectivity index (χ4v) is 3.15. The standard InChI is InChI=1S/C19H32N4O3.ClH/c1-4-5-14-26-19(25)9-12-22-13-10-20-17(22)6-7-18(24)23-11-8-16(15-23)21(2)3;/h10,13,16H,4-9,11-12,14-15H2,1-3H3;1H/t16-;/m0./s1. The molecule has 7 nitrogen and oxygen atoms in total. The molecule has 27 heavy (non-hydrogen) atoms. The summed E-state index contributed by atoms with van der Waals surface area (Å²) in [6.45, 7) is 4.74. The highest BCUT2D eigenvalue weighted by molar-refractivity contribution is 5.85. The smallest absolute Gasteiger partial charge is 0.307 e. The van der Waals surface area contributed by atoms with Crippen molar-refractivity contribution in [2.75, 3.05) is 33.8 Å². The number of nitrogens with zero attached hydrogens (tertiary/aromatic N) is 4. The second-order valence-electron chi connectivity index (χ2n) is 7.11. The fourth-order valence-electron chi connectivity index (χ4n) is 3.15. The van der Waals surface area contributed by atoms with Gasteiger partial charge in [0.25, 0.3) is 0 Å². The summed E-state index contributed by atoms with van der Waals surface area (Å²) < 4.78 is 7.12. The lowest BCUT2D eigenvalue weighted by molar-refractivity contribution is -0.144. The third kappa shape index (κ3) is 7.50. The lowest BCUT2D eigenvalue weighted by Gasteiger charge is -2.20. The summed E-state index contributed by atoms with van der Waals surface area (Å²) in [6.07, 6.45) is 7.91. The Morgan fingerprint density at radius 3 is 2.78 bits per heavy atom. The highest BCUT2D eigenvalue weighted by atomic mass is 35.5. The number of carbonyl (C=O) groups is 2. The van der Waals surface area contributed by atoms with Crippen molar-refractivity contribution in [3.05, 3.63) is 18.2 Å². The van der Waals surface area contributed by atoms with Crippen LogP contribution in [0.25, 0.3) is 0 Å². The molecule has 1 saturated heterocycles. The van der Waals surface area contributed by atoms with E-state index in [1.165, 1.54) is 0 Å². The summed E-state index contributed by atoms with van der Waals surface area (Å²) in [5.41, 5.74) is 0. The number of esters is 1. The van der Waals surface area contributed by atoms with Crippen LogP contribution in [-0.2, 0) is 27.3 Å². The summed E-state index contributed by atoms with van der Waals surface area (Å²) >= 11 is 0. The van der Waals surface area contributed by atoms with E-state index >= 15 is 0 Å². The largest absolute Gasteiger partial charge is 0.466 e. The number of rotatable bonds is 10. The zero-order valence-corrected chi connectivity index (χ0v) is 17.5. The molecule has 1 atom stereocenters. The van der Waals surface area contributed by atoms with E-state index < -0.39 is 0 Å². The average molecular weight is 401 g/mol. The van der Waals surface area contributed by atoms with Gasteiger partial charge in [-0.3, -0.25) is 9.59 Å². The van der Waals surface area contributed by atoms with Gasteiger partial charge in [-0.15, -0.1) is 12.4 Å². The van der Waals surface area contributed by atoms with Crippen LogP contribution >= 0.6 is 12.4 Å². The maximum atomic E-state index is 12.4. The number of likely N-dealkylation sites (tertiary alicyclic amines) is 1. The molecule has 0 spiro atoms. The van der Waals surface area contributed by atoms with Crippen LogP contribution in [0.1, 0.15) is 44.9 Å². The van der Waals surface area contributed by atoms with Gasteiger partial charge in [0.15, 0.2) is 0 Å². The molecule has 154 valence electrons. The van der Waals surface area contributed by atoms with Crippen molar-refractivity contribution in [3.63, 3.8) is 0 Å². The number of halogens is 1. The van der Waals surface area contributed by atoms with E-state index in [2.05, 4.69) is 30.9 Å². The maximum Gasteiger partial charge on any atom is 0.307 e. The van der Waals surface area contributed by atoms with Gasteiger partial charge in [0.05, 0.1) is 13.0 Å². The monoisotopic (exact) mass is 400 g/mol. The van der Waals surface area contributed by atoms with Gasteiger partial charge in [0.1, 0.15) is 5.82 Å². The van der Waals surface area contributed by atoms with E-state index in [4.69, 9.17) is 4.74 Å². The van der Waals surface area contributed by atoms with Crippen molar-refractivity contribution in [3.8, 4) is 0 Å². The molecule has 8 heteroatoms. The Labute approximate surface area is 168 Å². The second-order valence-corrected chi connectivity index (χ2v) is 7.11. The highest BCUT2D eigenvalue weighted by Crippen LogP contribution is 2.15. The third-order valence-electron chi connectivity index (χ3n) is 4.93. The minimum Gasteiger partial charge on any atom is -0.466 e. The van der Waals surface area contributed by atoms with Gasteiger partial charge in [-0.05, 0) is 26.9 Å². The Bertz CT molecular complexity index is 591. The number of ether oxygens (including phenoxy) is 1. The lowest BCUT2D eigenvalue weighted by atomic mass is 10.2. The van der Waals surface area contributed by atoms with E-state index in [-0.39, 0.29) is 24.3 Å². The normalized spacial score (nSPS) is 16.4. The maximum absolute atomic E-state index is 12.4. The first-order chi connectivity index (χ1) is 12.5. The quantitative estimate of drug-likeness (QED) is 0.444. The van der Waals surface area contributed by atoms with Gasteiger partial charge >= 0.3 is 5.97 Å². The highest BCUT2D eigenvalue weighted by Gasteiger charge is 2.27. The molecule has 0 aromatic carbocycles. The Kier molecular flexibility index (Phi) is 10.4. The van der Waals surface area contributed by atoms with Crippen LogP contribution in [0.4, 0.5) is 0 Å². The number of imidazole rings is 1. The molecule has 1 aromatic heterocycles. The van der Waals surface area contributed by atoms with Gasteiger partial charge < -0.3 is 19.1 Å². The lowest BCUT2D eigenvalue weighted by Crippen LogP contribution is -2.34. The van der Waals surface area contributed by atoms with Crippen molar-refractivity contribution in [2.24, 2.45) is 0 Å². The van der Waals surface area contributed by atoms with Crippen LogP contribution < -0.4 is 0 Å². The number of hydrogen-bond donors (Lipinski definition) is 0. The number of amides is 1. The number of aryl methyl sites for hydroxylation is 2. The molecule has 0 aliphatic carbocycles. The van der Waals surface area contributed by atoms with Gasteiger partial charge in [-0.2, -0.15) is 0 Å². The van der Waals surface area contributed by atoms with Crippen molar-refractivity contribution < 1.29 is 14.3 Å². The number of likely N-dealkylation sites (N-methyl/N-ethyl adjacent to an activating group) is 1. The van der Waals surface area contributed by atoms with Crippen LogP contribution in [0.3, 0.4) is 0 Å². The molecule has 0 N–H and O–H groups in total. The van der Waals surface area contributed by atoms with Crippen molar-refractivity contribution >= 4 is 24.3 Å². The zero-order valence-electron chi connectivity index (χ0n) is 16.7. The van der Waals surface area contributed by atoms with Crippen LogP contribution in [0, 0.1) is 0 Å². The van der Waals surface area contributed by atoms with Gasteiger partial charge in [-0.25, -0.2) is 4.98 Å². The Balaban J connectivity index is 0.00000364. The molecular weight excluding hydrogens is 368 g/mol. The van der Waals surface area contributed by atoms with Crippen molar-refractivity contribution in [2.45, 2.75) is 58.0 Å². The van der Waals surface area contributed by atoms with E-state index in [0.717, 1.165) is 38.2 Å². The molecule has 2 rings (SSSR count). The Morgan fingerprint density at radius 2 is 2.11 bits per heavy atom. The molecule has 0 unspecified atom stereocenters. The zero-order chi connectivity index (χ0) is 18.9. The van der Waals surface area contributed by atoms with Crippen LogP contribution in [0.5, 0.6) is 0 Å². The molecule has 1 fully saturated rings. The molecule has 0 bridgehead atoms. The summed E-state index contributed by atoms with van der Waals surface area (Å²) in [5, 5.41) is 0.